The van der Waals surface area contributed by atoms with Crippen LogP contribution in [0.25, 0.3) is 10.2 Å². The molecule has 1 aromatic carbocycles. The van der Waals surface area contributed by atoms with Gasteiger partial charge >= 0.3 is 0 Å². The summed E-state index contributed by atoms with van der Waals surface area (Å²) in [5.74, 6) is -0.437. The average Bonchev–Trinajstić information content (AvgIpc) is 3.36. The lowest BCUT2D eigenvalue weighted by Gasteiger charge is -2.29. The van der Waals surface area contributed by atoms with Crippen molar-refractivity contribution in [3.8, 4) is 0 Å². The Morgan fingerprint density at radius 1 is 1.19 bits per heavy atom. The van der Waals surface area contributed by atoms with Gasteiger partial charge in [0, 0.05) is 26.1 Å². The number of rotatable bonds is 6. The van der Waals surface area contributed by atoms with Crippen molar-refractivity contribution in [2.75, 3.05) is 13.1 Å². The molecule has 1 fully saturated rings. The summed E-state index contributed by atoms with van der Waals surface area (Å²) in [5.41, 5.74) is 2.37. The summed E-state index contributed by atoms with van der Waals surface area (Å²) in [6.45, 7) is 2.80. The molecule has 0 unspecified atom stereocenters. The number of sulfonamides is 1. The van der Waals surface area contributed by atoms with Gasteiger partial charge in [0.25, 0.3) is 15.9 Å². The largest absolute Gasteiger partial charge is 0.319 e. The van der Waals surface area contributed by atoms with Gasteiger partial charge in [-0.3, -0.25) is 4.79 Å². The smallest absolute Gasteiger partial charge is 0.252 e. The Labute approximate surface area is 201 Å². The molecule has 2 aromatic heterocycles. The number of carbonyl (C=O) groups is 1. The Morgan fingerprint density at radius 2 is 1.94 bits per heavy atom. The third-order valence-corrected chi connectivity index (χ3v) is 10.5. The molecule has 0 saturated carbocycles. The van der Waals surface area contributed by atoms with Crippen molar-refractivity contribution >= 4 is 60.4 Å². The molecule has 3 heterocycles. The van der Waals surface area contributed by atoms with Gasteiger partial charge in [0.05, 0.1) is 14.6 Å². The molecule has 10 heteroatoms. The lowest BCUT2D eigenvalue weighted by atomic mass is 9.98. The predicted octanol–water partition coefficient (Wildman–Crippen LogP) is 4.83. The van der Waals surface area contributed by atoms with E-state index >= 15 is 0 Å². The van der Waals surface area contributed by atoms with E-state index in [2.05, 4.69) is 30.1 Å². The van der Waals surface area contributed by atoms with E-state index in [1.165, 1.54) is 27.3 Å². The van der Waals surface area contributed by atoms with E-state index in [9.17, 15) is 13.2 Å². The normalized spacial score (nSPS) is 16.8. The highest BCUT2D eigenvalue weighted by Gasteiger charge is 2.33. The van der Waals surface area contributed by atoms with Crippen LogP contribution in [0, 0.1) is 5.92 Å². The zero-order valence-corrected chi connectivity index (χ0v) is 21.3. The van der Waals surface area contributed by atoms with E-state index in [1.807, 2.05) is 11.6 Å². The highest BCUT2D eigenvalue weighted by atomic mass is 35.5. The van der Waals surface area contributed by atoms with E-state index in [-0.39, 0.29) is 16.0 Å². The van der Waals surface area contributed by atoms with Crippen molar-refractivity contribution in [1.82, 2.24) is 8.87 Å². The fraction of sp³-hybridized carbons (Fsp3) is 0.455. The number of thiazole rings is 1. The fourth-order valence-corrected chi connectivity index (χ4v) is 8.11. The van der Waals surface area contributed by atoms with Crippen LogP contribution in [0.5, 0.6) is 0 Å². The van der Waals surface area contributed by atoms with Crippen LogP contribution >= 0.6 is 34.3 Å². The molecule has 0 radical (unpaired) electrons. The van der Waals surface area contributed by atoms with Crippen LogP contribution in [-0.2, 0) is 28.3 Å². The van der Waals surface area contributed by atoms with Crippen molar-refractivity contribution < 1.29 is 13.2 Å². The van der Waals surface area contributed by atoms with Gasteiger partial charge in [-0.2, -0.15) is 9.30 Å². The second-order valence-electron chi connectivity index (χ2n) is 8.04. The zero-order valence-electron chi connectivity index (χ0n) is 18.1. The molecule has 1 aliphatic rings. The number of fused-ring (bicyclic) bond motifs is 1. The quantitative estimate of drug-likeness (QED) is 0.476. The monoisotopic (exact) mass is 511 g/mol. The number of aromatic nitrogens is 1. The summed E-state index contributed by atoms with van der Waals surface area (Å²) < 4.78 is 30.8. The number of amides is 1. The van der Waals surface area contributed by atoms with E-state index in [0.29, 0.717) is 35.1 Å². The van der Waals surface area contributed by atoms with Crippen molar-refractivity contribution in [1.29, 1.82) is 0 Å². The first-order valence-electron chi connectivity index (χ1n) is 10.7. The van der Waals surface area contributed by atoms with Gasteiger partial charge in [0.15, 0.2) is 4.80 Å². The number of thiophene rings is 1. The van der Waals surface area contributed by atoms with Gasteiger partial charge in [-0.05, 0) is 55.5 Å². The topological polar surface area (TPSA) is 71.7 Å². The number of hydrogen-bond donors (Lipinski definition) is 0. The van der Waals surface area contributed by atoms with Crippen LogP contribution in [0.4, 0.5) is 0 Å². The second kappa shape index (κ2) is 9.77. The number of nitrogens with zero attached hydrogens (tertiary/aromatic N) is 3. The first-order valence-corrected chi connectivity index (χ1v) is 14.2. The van der Waals surface area contributed by atoms with Crippen LogP contribution in [-0.4, -0.2) is 36.3 Å². The van der Waals surface area contributed by atoms with Crippen molar-refractivity contribution in [2.45, 2.75) is 43.2 Å². The maximum Gasteiger partial charge on any atom is 0.252 e. The zero-order chi connectivity index (χ0) is 22.9. The van der Waals surface area contributed by atoms with Gasteiger partial charge in [-0.1, -0.05) is 42.3 Å². The molecule has 172 valence electrons. The Morgan fingerprint density at radius 3 is 2.59 bits per heavy atom. The molecule has 0 bridgehead atoms. The number of carbonyl (C=O) groups excluding carboxylic acids is 1. The summed E-state index contributed by atoms with van der Waals surface area (Å²) in [6, 6.07) is 9.56. The van der Waals surface area contributed by atoms with Crippen LogP contribution in [0.1, 0.15) is 38.2 Å². The van der Waals surface area contributed by atoms with Crippen LogP contribution in [0.15, 0.2) is 39.5 Å². The minimum absolute atomic E-state index is 0.172. The van der Waals surface area contributed by atoms with E-state index in [0.717, 1.165) is 40.8 Å². The maximum absolute atomic E-state index is 12.9. The lowest BCUT2D eigenvalue weighted by Crippen LogP contribution is -2.40. The standard InChI is InChI=1S/C22H26ClN3O3S3/c1-3-4-5-15-6-7-17-18(14-15)30-22(25(17)2)24-21(27)16-10-12-26(13-11-16)32(28,29)20-9-8-19(23)31-20/h6-9,14,16H,3-5,10-13H2,1-2H3. The molecule has 32 heavy (non-hydrogen) atoms. The highest BCUT2D eigenvalue weighted by molar-refractivity contribution is 7.91. The van der Waals surface area contributed by atoms with Gasteiger partial charge in [0.2, 0.25) is 0 Å². The molecule has 1 amide bonds. The molecule has 0 aliphatic carbocycles. The minimum Gasteiger partial charge on any atom is -0.319 e. The Hall–Kier alpha value is -1.52. The molecule has 1 aliphatic heterocycles. The highest BCUT2D eigenvalue weighted by Crippen LogP contribution is 2.31. The number of aryl methyl sites for hydroxylation is 2. The van der Waals surface area contributed by atoms with Crippen molar-refractivity contribution in [2.24, 2.45) is 18.0 Å². The number of piperidine rings is 1. The van der Waals surface area contributed by atoms with Crippen molar-refractivity contribution in [3.63, 3.8) is 0 Å². The molecule has 0 atom stereocenters. The average molecular weight is 512 g/mol. The van der Waals surface area contributed by atoms with Gasteiger partial charge in [-0.15, -0.1) is 11.3 Å². The number of benzene rings is 1. The summed E-state index contributed by atoms with van der Waals surface area (Å²) in [7, 11) is -1.63. The first-order chi connectivity index (χ1) is 15.3. The van der Waals surface area contributed by atoms with E-state index < -0.39 is 10.0 Å². The van der Waals surface area contributed by atoms with Gasteiger partial charge in [-0.25, -0.2) is 8.42 Å². The van der Waals surface area contributed by atoms with Gasteiger partial charge < -0.3 is 4.57 Å². The minimum atomic E-state index is -3.56. The van der Waals surface area contributed by atoms with Crippen LogP contribution < -0.4 is 4.80 Å². The maximum atomic E-state index is 12.9. The summed E-state index contributed by atoms with van der Waals surface area (Å²) >= 11 is 8.48. The third kappa shape index (κ3) is 4.87. The molecule has 1 saturated heterocycles. The van der Waals surface area contributed by atoms with Crippen molar-refractivity contribution in [3.05, 3.63) is 45.0 Å². The van der Waals surface area contributed by atoms with E-state index in [1.54, 1.807) is 6.07 Å². The summed E-state index contributed by atoms with van der Waals surface area (Å²) in [4.78, 5) is 18.0. The molecule has 4 rings (SSSR count). The van der Waals surface area contributed by atoms with Crippen LogP contribution in [0.2, 0.25) is 4.34 Å². The van der Waals surface area contributed by atoms with Crippen LogP contribution in [0.3, 0.4) is 0 Å². The Kier molecular flexibility index (Phi) is 7.21. The number of halogens is 1. The SMILES string of the molecule is CCCCc1ccc2c(c1)sc(=NC(=O)C1CCN(S(=O)(=O)c3ccc(Cl)s3)CC1)n2C. The lowest BCUT2D eigenvalue weighted by molar-refractivity contribution is -0.122. The number of unbranched alkanes of at least 4 members (excludes halogenated alkanes) is 1. The number of hydrogen-bond acceptors (Lipinski definition) is 5. The molecule has 3 aromatic rings. The Bertz CT molecular complexity index is 1300. The van der Waals surface area contributed by atoms with Gasteiger partial charge in [0.1, 0.15) is 4.21 Å². The molecule has 0 spiro atoms. The summed E-state index contributed by atoms with van der Waals surface area (Å²) in [5, 5.41) is 0. The first kappa shape index (κ1) is 23.6. The Balaban J connectivity index is 1.47. The molecule has 6 nitrogen and oxygen atoms in total. The predicted molar refractivity (Wildman–Crippen MR) is 131 cm³/mol. The molecular weight excluding hydrogens is 486 g/mol. The fourth-order valence-electron chi connectivity index (χ4n) is 3.91. The third-order valence-electron chi connectivity index (χ3n) is 5.84. The molecular formula is C22H26ClN3O3S3. The summed E-state index contributed by atoms with van der Waals surface area (Å²) in [6.07, 6.45) is 4.31. The molecule has 0 N–H and O–H groups in total. The second-order valence-corrected chi connectivity index (χ2v) is 12.9. The van der Waals surface area contributed by atoms with E-state index in [4.69, 9.17) is 11.6 Å².